The molecule has 0 spiro atoms. The first-order valence-corrected chi connectivity index (χ1v) is 9.01. The molecule has 1 aromatic carbocycles. The zero-order valence-electron chi connectivity index (χ0n) is 15.4. The average molecular weight is 368 g/mol. The van der Waals surface area contributed by atoms with Crippen LogP contribution in [0.1, 0.15) is 17.2 Å². The number of carbonyl (C=O) groups is 2. The zero-order chi connectivity index (χ0) is 19.1. The van der Waals surface area contributed by atoms with Crippen LogP contribution in [0.15, 0.2) is 48.8 Å². The molecule has 1 aliphatic heterocycles. The number of carbonyl (C=O) groups excluding carboxylic acids is 2. The molecule has 0 bridgehead atoms. The summed E-state index contributed by atoms with van der Waals surface area (Å²) >= 11 is 0. The highest BCUT2D eigenvalue weighted by Gasteiger charge is 2.24. The summed E-state index contributed by atoms with van der Waals surface area (Å²) in [4.78, 5) is 30.8. The van der Waals surface area contributed by atoms with Crippen molar-refractivity contribution < 1.29 is 14.3 Å². The maximum atomic E-state index is 12.3. The van der Waals surface area contributed by atoms with Crippen LogP contribution < -0.4 is 10.6 Å². The van der Waals surface area contributed by atoms with Gasteiger partial charge in [0.2, 0.25) is 0 Å². The summed E-state index contributed by atoms with van der Waals surface area (Å²) in [6.45, 7) is 5.13. The van der Waals surface area contributed by atoms with E-state index in [2.05, 4.69) is 20.5 Å². The van der Waals surface area contributed by atoms with E-state index in [1.807, 2.05) is 31.2 Å². The van der Waals surface area contributed by atoms with Gasteiger partial charge >= 0.3 is 11.8 Å². The lowest BCUT2D eigenvalue weighted by atomic mass is 10.1. The number of ether oxygens (including phenoxy) is 1. The van der Waals surface area contributed by atoms with Gasteiger partial charge < -0.3 is 15.4 Å². The van der Waals surface area contributed by atoms with Gasteiger partial charge in [-0.15, -0.1) is 0 Å². The van der Waals surface area contributed by atoms with Gasteiger partial charge in [-0.25, -0.2) is 0 Å². The summed E-state index contributed by atoms with van der Waals surface area (Å²) in [6.07, 6.45) is 3.51. The van der Waals surface area contributed by atoms with Crippen LogP contribution in [0.4, 0.5) is 5.69 Å². The molecule has 0 aliphatic carbocycles. The lowest BCUT2D eigenvalue weighted by Crippen LogP contribution is -2.45. The Kier molecular flexibility index (Phi) is 6.51. The molecule has 142 valence electrons. The van der Waals surface area contributed by atoms with Crippen molar-refractivity contribution in [2.45, 2.75) is 13.0 Å². The predicted molar refractivity (Wildman–Crippen MR) is 102 cm³/mol. The number of hydrogen-bond donors (Lipinski definition) is 2. The van der Waals surface area contributed by atoms with E-state index < -0.39 is 11.8 Å². The van der Waals surface area contributed by atoms with Gasteiger partial charge in [-0.1, -0.05) is 23.8 Å². The number of benzene rings is 1. The van der Waals surface area contributed by atoms with E-state index in [0.29, 0.717) is 25.4 Å². The number of pyridine rings is 1. The third-order valence-corrected chi connectivity index (χ3v) is 4.53. The van der Waals surface area contributed by atoms with Crippen LogP contribution in [0, 0.1) is 6.92 Å². The molecule has 2 N–H and O–H groups in total. The number of aryl methyl sites for hydroxylation is 1. The highest BCUT2D eigenvalue weighted by atomic mass is 16.5. The Morgan fingerprint density at radius 2 is 1.89 bits per heavy atom. The number of morpholine rings is 1. The Bertz CT molecular complexity index is 759. The molecule has 2 heterocycles. The molecule has 0 radical (unpaired) electrons. The number of hydrogen-bond acceptors (Lipinski definition) is 5. The minimum Gasteiger partial charge on any atom is -0.379 e. The van der Waals surface area contributed by atoms with Gasteiger partial charge in [0.05, 0.1) is 19.3 Å². The zero-order valence-corrected chi connectivity index (χ0v) is 15.4. The number of aromatic nitrogens is 1. The second kappa shape index (κ2) is 9.25. The van der Waals surface area contributed by atoms with E-state index in [0.717, 1.165) is 24.2 Å². The smallest absolute Gasteiger partial charge is 0.313 e. The van der Waals surface area contributed by atoms with Crippen molar-refractivity contribution in [1.29, 1.82) is 0 Å². The Morgan fingerprint density at radius 3 is 2.56 bits per heavy atom. The van der Waals surface area contributed by atoms with Crippen molar-refractivity contribution in [2.75, 3.05) is 38.2 Å². The molecule has 1 atom stereocenters. The Morgan fingerprint density at radius 1 is 1.15 bits per heavy atom. The monoisotopic (exact) mass is 368 g/mol. The first-order valence-electron chi connectivity index (χ1n) is 9.01. The fourth-order valence-corrected chi connectivity index (χ4v) is 3.01. The standard InChI is InChI=1S/C20H24N4O3/c1-15-4-6-17(7-5-15)23-20(26)19(25)22-14-18(16-3-2-8-21-13-16)24-9-11-27-12-10-24/h2-8,13,18H,9-12,14H2,1H3,(H,22,25)(H,23,26)/t18-/m1/s1. The van der Waals surface area contributed by atoms with Crippen LogP contribution >= 0.6 is 0 Å². The van der Waals surface area contributed by atoms with Crippen LogP contribution in [0.5, 0.6) is 0 Å². The van der Waals surface area contributed by atoms with E-state index in [-0.39, 0.29) is 6.04 Å². The Hall–Kier alpha value is -2.77. The maximum Gasteiger partial charge on any atom is 0.313 e. The molecule has 7 nitrogen and oxygen atoms in total. The van der Waals surface area contributed by atoms with Crippen molar-refractivity contribution in [1.82, 2.24) is 15.2 Å². The number of rotatable bonds is 5. The van der Waals surface area contributed by atoms with Gasteiger partial charge in [0, 0.05) is 37.7 Å². The first-order chi connectivity index (χ1) is 13.1. The van der Waals surface area contributed by atoms with Gasteiger partial charge in [0.25, 0.3) is 0 Å². The SMILES string of the molecule is Cc1ccc(NC(=O)C(=O)NC[C@H](c2cccnc2)N2CCOCC2)cc1. The van der Waals surface area contributed by atoms with Crippen LogP contribution in [-0.4, -0.2) is 54.5 Å². The predicted octanol–water partition coefficient (Wildman–Crippen LogP) is 1.52. The van der Waals surface area contributed by atoms with Crippen LogP contribution in [0.3, 0.4) is 0 Å². The lowest BCUT2D eigenvalue weighted by Gasteiger charge is -2.34. The summed E-state index contributed by atoms with van der Waals surface area (Å²) in [5.74, 6) is -1.33. The van der Waals surface area contributed by atoms with Gasteiger partial charge in [0.1, 0.15) is 0 Å². The fraction of sp³-hybridized carbons (Fsp3) is 0.350. The fourth-order valence-electron chi connectivity index (χ4n) is 3.01. The Labute approximate surface area is 158 Å². The van der Waals surface area contributed by atoms with Crippen molar-refractivity contribution in [2.24, 2.45) is 0 Å². The van der Waals surface area contributed by atoms with E-state index in [1.54, 1.807) is 24.5 Å². The summed E-state index contributed by atoms with van der Waals surface area (Å²) in [5, 5.41) is 5.36. The first kappa shape index (κ1) is 19.0. The molecule has 1 saturated heterocycles. The summed E-state index contributed by atoms with van der Waals surface area (Å²) in [7, 11) is 0. The summed E-state index contributed by atoms with van der Waals surface area (Å²) < 4.78 is 5.42. The molecule has 1 aromatic heterocycles. The average Bonchev–Trinajstić information content (AvgIpc) is 2.71. The highest BCUT2D eigenvalue weighted by molar-refractivity contribution is 6.39. The molecule has 1 fully saturated rings. The highest BCUT2D eigenvalue weighted by Crippen LogP contribution is 2.20. The number of nitrogens with zero attached hydrogens (tertiary/aromatic N) is 2. The maximum absolute atomic E-state index is 12.3. The van der Waals surface area contributed by atoms with Crippen LogP contribution in [0.2, 0.25) is 0 Å². The third-order valence-electron chi connectivity index (χ3n) is 4.53. The second-order valence-corrected chi connectivity index (χ2v) is 6.48. The van der Waals surface area contributed by atoms with Crippen molar-refractivity contribution in [3.63, 3.8) is 0 Å². The molecular weight excluding hydrogens is 344 g/mol. The normalized spacial score (nSPS) is 15.7. The van der Waals surface area contributed by atoms with Gasteiger partial charge in [-0.05, 0) is 30.7 Å². The van der Waals surface area contributed by atoms with Gasteiger partial charge in [-0.2, -0.15) is 0 Å². The topological polar surface area (TPSA) is 83.6 Å². The van der Waals surface area contributed by atoms with Crippen molar-refractivity contribution in [3.05, 3.63) is 59.9 Å². The molecule has 2 aromatic rings. The van der Waals surface area contributed by atoms with Crippen LogP contribution in [0.25, 0.3) is 0 Å². The molecule has 0 saturated carbocycles. The summed E-state index contributed by atoms with van der Waals surface area (Å²) in [5.41, 5.74) is 2.68. The number of anilines is 1. The van der Waals surface area contributed by atoms with E-state index >= 15 is 0 Å². The van der Waals surface area contributed by atoms with E-state index in [9.17, 15) is 9.59 Å². The largest absolute Gasteiger partial charge is 0.379 e. The molecule has 2 amide bonds. The Balaban J connectivity index is 1.61. The molecule has 27 heavy (non-hydrogen) atoms. The molecule has 1 aliphatic rings. The molecule has 7 heteroatoms. The van der Waals surface area contributed by atoms with E-state index in [1.165, 1.54) is 0 Å². The molecule has 0 unspecified atom stereocenters. The molecule has 3 rings (SSSR count). The van der Waals surface area contributed by atoms with Gasteiger partial charge in [-0.3, -0.25) is 19.5 Å². The van der Waals surface area contributed by atoms with Gasteiger partial charge in [0.15, 0.2) is 0 Å². The quantitative estimate of drug-likeness (QED) is 0.782. The van der Waals surface area contributed by atoms with Crippen molar-refractivity contribution >= 4 is 17.5 Å². The lowest BCUT2D eigenvalue weighted by molar-refractivity contribution is -0.136. The second-order valence-electron chi connectivity index (χ2n) is 6.48. The molecular formula is C20H24N4O3. The minimum absolute atomic E-state index is 0.0567. The summed E-state index contributed by atoms with van der Waals surface area (Å²) in [6, 6.07) is 11.1. The van der Waals surface area contributed by atoms with Crippen molar-refractivity contribution in [3.8, 4) is 0 Å². The number of amides is 2. The minimum atomic E-state index is -0.675. The van der Waals surface area contributed by atoms with Crippen LogP contribution in [-0.2, 0) is 14.3 Å². The third kappa shape index (κ3) is 5.35. The number of nitrogens with one attached hydrogen (secondary N) is 2. The van der Waals surface area contributed by atoms with E-state index in [4.69, 9.17) is 4.74 Å².